The molecular formula is C18H20N4O. The number of amides is 1. The van der Waals surface area contributed by atoms with E-state index in [-0.39, 0.29) is 11.3 Å². The van der Waals surface area contributed by atoms with Crippen LogP contribution in [0.5, 0.6) is 0 Å². The fourth-order valence-corrected chi connectivity index (χ4v) is 2.87. The van der Waals surface area contributed by atoms with Crippen LogP contribution in [0.15, 0.2) is 36.7 Å². The lowest BCUT2D eigenvalue weighted by Gasteiger charge is -2.18. The summed E-state index contributed by atoms with van der Waals surface area (Å²) >= 11 is 0. The topological polar surface area (TPSA) is 70.7 Å². The highest BCUT2D eigenvalue weighted by atomic mass is 16.1. The first-order chi connectivity index (χ1) is 11.2. The van der Waals surface area contributed by atoms with Gasteiger partial charge < -0.3 is 9.88 Å². The van der Waals surface area contributed by atoms with Gasteiger partial charge in [-0.05, 0) is 25.0 Å². The summed E-state index contributed by atoms with van der Waals surface area (Å²) < 4.78 is 2.18. The molecule has 0 unspecified atom stereocenters. The van der Waals surface area contributed by atoms with E-state index < -0.39 is 0 Å². The third-order valence-electron chi connectivity index (χ3n) is 4.50. The second-order valence-corrected chi connectivity index (χ2v) is 6.16. The van der Waals surface area contributed by atoms with Crippen molar-refractivity contribution in [2.75, 3.05) is 6.54 Å². The molecule has 1 heterocycles. The predicted molar refractivity (Wildman–Crippen MR) is 86.8 cm³/mol. The molecule has 1 aromatic heterocycles. The molecule has 2 aromatic rings. The van der Waals surface area contributed by atoms with Gasteiger partial charge in [-0.15, -0.1) is 0 Å². The zero-order valence-corrected chi connectivity index (χ0v) is 13.2. The van der Waals surface area contributed by atoms with Gasteiger partial charge in [-0.25, -0.2) is 4.98 Å². The monoisotopic (exact) mass is 308 g/mol. The number of hydrogen-bond acceptors (Lipinski definition) is 3. The van der Waals surface area contributed by atoms with Crippen molar-refractivity contribution in [2.24, 2.45) is 5.41 Å². The lowest BCUT2D eigenvalue weighted by Crippen LogP contribution is -2.33. The van der Waals surface area contributed by atoms with E-state index >= 15 is 0 Å². The Morgan fingerprint density at radius 2 is 2.22 bits per heavy atom. The second-order valence-electron chi connectivity index (χ2n) is 6.16. The number of rotatable bonds is 6. The summed E-state index contributed by atoms with van der Waals surface area (Å²) in [5.74, 6) is 0.909. The van der Waals surface area contributed by atoms with E-state index in [0.29, 0.717) is 17.7 Å². The summed E-state index contributed by atoms with van der Waals surface area (Å²) in [7, 11) is 0. The van der Waals surface area contributed by atoms with E-state index in [9.17, 15) is 4.79 Å². The number of imidazole rings is 1. The smallest absolute Gasteiger partial charge is 0.252 e. The zero-order chi connectivity index (χ0) is 16.3. The minimum absolute atomic E-state index is 0.127. The van der Waals surface area contributed by atoms with Crippen LogP contribution in [-0.4, -0.2) is 22.0 Å². The normalized spacial score (nSPS) is 15.0. The summed E-state index contributed by atoms with van der Waals surface area (Å²) in [4.78, 5) is 16.7. The summed E-state index contributed by atoms with van der Waals surface area (Å²) in [6.07, 6.45) is 6.95. The van der Waals surface area contributed by atoms with Crippen LogP contribution in [0.25, 0.3) is 0 Å². The van der Waals surface area contributed by atoms with E-state index in [2.05, 4.69) is 27.9 Å². The van der Waals surface area contributed by atoms with Gasteiger partial charge in [0.2, 0.25) is 0 Å². The third kappa shape index (κ3) is 3.26. The lowest BCUT2D eigenvalue weighted by atomic mass is 10.1. The van der Waals surface area contributed by atoms with Gasteiger partial charge in [-0.1, -0.05) is 19.1 Å². The molecule has 118 valence electrons. The predicted octanol–water partition coefficient (Wildman–Crippen LogP) is 2.53. The molecule has 5 heteroatoms. The van der Waals surface area contributed by atoms with Crippen LogP contribution >= 0.6 is 0 Å². The maximum Gasteiger partial charge on any atom is 0.252 e. The quantitative estimate of drug-likeness (QED) is 0.891. The number of carbonyl (C=O) groups is 1. The van der Waals surface area contributed by atoms with E-state index in [1.807, 2.05) is 12.4 Å². The SMILES string of the molecule is CCc1nccn1CC1(CNC(=O)c2ccccc2C#N)CC1. The number of aryl methyl sites for hydroxylation is 1. The van der Waals surface area contributed by atoms with Crippen molar-refractivity contribution in [3.05, 3.63) is 53.6 Å². The molecule has 23 heavy (non-hydrogen) atoms. The Hall–Kier alpha value is -2.61. The number of carbonyl (C=O) groups excluding carboxylic acids is 1. The number of hydrogen-bond donors (Lipinski definition) is 1. The lowest BCUT2D eigenvalue weighted by molar-refractivity contribution is 0.0942. The first-order valence-electron chi connectivity index (χ1n) is 7.95. The standard InChI is InChI=1S/C18H20N4O/c1-2-16-20-9-10-22(16)13-18(7-8-18)12-21-17(23)15-6-4-3-5-14(15)11-19/h3-6,9-10H,2,7-8,12-13H2,1H3,(H,21,23). The molecule has 1 N–H and O–H groups in total. The number of benzene rings is 1. The van der Waals surface area contributed by atoms with Crippen molar-refractivity contribution in [3.63, 3.8) is 0 Å². The minimum atomic E-state index is -0.172. The van der Waals surface area contributed by atoms with Gasteiger partial charge in [0.1, 0.15) is 5.82 Å². The second kappa shape index (κ2) is 6.25. The molecular weight excluding hydrogens is 288 g/mol. The Bertz CT molecular complexity index is 752. The average Bonchev–Trinajstić information content (AvgIpc) is 3.21. The summed E-state index contributed by atoms with van der Waals surface area (Å²) in [6.45, 7) is 3.61. The fraction of sp³-hybridized carbons (Fsp3) is 0.389. The first kappa shape index (κ1) is 15.3. The Labute approximate surface area is 136 Å². The van der Waals surface area contributed by atoms with Gasteiger partial charge in [0.05, 0.1) is 17.2 Å². The average molecular weight is 308 g/mol. The highest BCUT2D eigenvalue weighted by Gasteiger charge is 2.43. The number of nitrogens with zero attached hydrogens (tertiary/aromatic N) is 3. The van der Waals surface area contributed by atoms with Gasteiger partial charge in [0.25, 0.3) is 5.91 Å². The summed E-state index contributed by atoms with van der Waals surface area (Å²) in [5.41, 5.74) is 0.988. The van der Waals surface area contributed by atoms with Crippen molar-refractivity contribution >= 4 is 5.91 Å². The highest BCUT2D eigenvalue weighted by molar-refractivity contribution is 5.96. The Morgan fingerprint density at radius 3 is 2.91 bits per heavy atom. The largest absolute Gasteiger partial charge is 0.351 e. The molecule has 1 aromatic carbocycles. The molecule has 0 radical (unpaired) electrons. The molecule has 1 aliphatic rings. The molecule has 5 nitrogen and oxygen atoms in total. The molecule has 0 spiro atoms. The fourth-order valence-electron chi connectivity index (χ4n) is 2.87. The number of aromatic nitrogens is 2. The van der Waals surface area contributed by atoms with Crippen molar-refractivity contribution in [3.8, 4) is 6.07 Å². The maximum absolute atomic E-state index is 12.3. The van der Waals surface area contributed by atoms with Gasteiger partial charge in [-0.2, -0.15) is 5.26 Å². The van der Waals surface area contributed by atoms with E-state index in [0.717, 1.165) is 31.6 Å². The van der Waals surface area contributed by atoms with E-state index in [4.69, 9.17) is 5.26 Å². The molecule has 1 fully saturated rings. The Kier molecular flexibility index (Phi) is 4.16. The van der Waals surface area contributed by atoms with Gasteiger partial charge in [-0.3, -0.25) is 4.79 Å². The van der Waals surface area contributed by atoms with Gasteiger partial charge >= 0.3 is 0 Å². The Morgan fingerprint density at radius 1 is 1.43 bits per heavy atom. The van der Waals surface area contributed by atoms with Crippen molar-refractivity contribution in [2.45, 2.75) is 32.7 Å². The molecule has 1 saturated carbocycles. The summed E-state index contributed by atoms with van der Waals surface area (Å²) in [5, 5.41) is 12.1. The van der Waals surface area contributed by atoms with E-state index in [1.165, 1.54) is 0 Å². The molecule has 1 aliphatic carbocycles. The molecule has 1 amide bonds. The molecule has 0 saturated heterocycles. The van der Waals surface area contributed by atoms with Crippen molar-refractivity contribution in [1.29, 1.82) is 5.26 Å². The van der Waals surface area contributed by atoms with Crippen LogP contribution in [-0.2, 0) is 13.0 Å². The van der Waals surface area contributed by atoms with Crippen LogP contribution in [0.3, 0.4) is 0 Å². The maximum atomic E-state index is 12.3. The van der Waals surface area contributed by atoms with E-state index in [1.54, 1.807) is 24.3 Å². The van der Waals surface area contributed by atoms with Crippen LogP contribution in [0, 0.1) is 16.7 Å². The number of nitrogens with one attached hydrogen (secondary N) is 1. The molecule has 0 bridgehead atoms. The van der Waals surface area contributed by atoms with Crippen LogP contribution in [0.2, 0.25) is 0 Å². The molecule has 0 atom stereocenters. The van der Waals surface area contributed by atoms with Gasteiger partial charge in [0, 0.05) is 37.3 Å². The van der Waals surface area contributed by atoms with Crippen molar-refractivity contribution < 1.29 is 4.79 Å². The van der Waals surface area contributed by atoms with Crippen LogP contribution in [0.4, 0.5) is 0 Å². The zero-order valence-electron chi connectivity index (χ0n) is 13.2. The Balaban J connectivity index is 1.64. The molecule has 0 aliphatic heterocycles. The van der Waals surface area contributed by atoms with Gasteiger partial charge in [0.15, 0.2) is 0 Å². The third-order valence-corrected chi connectivity index (χ3v) is 4.50. The van der Waals surface area contributed by atoms with Crippen molar-refractivity contribution in [1.82, 2.24) is 14.9 Å². The summed E-state index contributed by atoms with van der Waals surface area (Å²) in [6, 6.07) is 8.97. The van der Waals surface area contributed by atoms with Crippen LogP contribution in [0.1, 0.15) is 41.5 Å². The minimum Gasteiger partial charge on any atom is -0.351 e. The number of nitriles is 1. The van der Waals surface area contributed by atoms with Crippen LogP contribution < -0.4 is 5.32 Å². The highest BCUT2D eigenvalue weighted by Crippen LogP contribution is 2.46. The molecule has 3 rings (SSSR count). The first-order valence-corrected chi connectivity index (χ1v) is 7.95.